The van der Waals surface area contributed by atoms with Crippen molar-refractivity contribution >= 4 is 11.9 Å². The summed E-state index contributed by atoms with van der Waals surface area (Å²) in [5.74, 6) is -0.159. The standard InChI is InChI=1S/C73H141NO10/c1-3-5-7-9-11-13-40-45-49-53-57-61-69(78)82-62-58-54-50-46-42-39-37-35-33-31-29-27-25-23-21-19-17-15-16-18-20-22-24-26-28-30-32-34-36-38-41-44-48-52-56-60-68(77)74-65(64-83-73-72(81)71(80)70(79)67(63-75)84-73)66(76)59-55-51-47-43-14-12-10-8-6-4-2/h55,59,65-67,70-73,75-76,79-81H,3-54,56-58,60-64H2,1-2H3,(H,74,77)/b59-55+. The highest BCUT2D eigenvalue weighted by Crippen LogP contribution is 2.24. The summed E-state index contributed by atoms with van der Waals surface area (Å²) in [6, 6.07) is -0.804. The Morgan fingerprint density at radius 2 is 0.750 bits per heavy atom. The number of rotatable bonds is 66. The average Bonchev–Trinajstić information content (AvgIpc) is 3.69. The molecule has 7 unspecified atom stereocenters. The first kappa shape index (κ1) is 80.4. The van der Waals surface area contributed by atoms with Crippen LogP contribution < -0.4 is 5.32 Å². The smallest absolute Gasteiger partial charge is 0.305 e. The average molecular weight is 1190 g/mol. The SMILES string of the molecule is CCCCCCCCCC/C=C/C(O)C(COC1OC(CO)C(O)C(O)C1O)NC(=O)CCCCCCCCCCCCCCCCCCCCCCCCCCCCCCCCCCCCCOC(=O)CCCCCCCCCCCCC. The van der Waals surface area contributed by atoms with Crippen LogP contribution in [-0.4, -0.2) is 100 Å². The third kappa shape index (κ3) is 51.3. The monoisotopic (exact) mass is 1190 g/mol. The molecule has 11 nitrogen and oxygen atoms in total. The van der Waals surface area contributed by atoms with Gasteiger partial charge in [0.2, 0.25) is 5.91 Å². The molecule has 6 N–H and O–H groups in total. The normalized spacial score (nSPS) is 18.0. The Balaban J connectivity index is 1.88. The number of carbonyl (C=O) groups excluding carboxylic acids is 2. The van der Waals surface area contributed by atoms with Gasteiger partial charge in [-0.15, -0.1) is 0 Å². The molecule has 0 aliphatic carbocycles. The zero-order chi connectivity index (χ0) is 60.9. The lowest BCUT2D eigenvalue weighted by molar-refractivity contribution is -0.302. The third-order valence-corrected chi connectivity index (χ3v) is 17.9. The second-order valence-corrected chi connectivity index (χ2v) is 26.0. The maximum Gasteiger partial charge on any atom is 0.305 e. The van der Waals surface area contributed by atoms with E-state index >= 15 is 0 Å². The van der Waals surface area contributed by atoms with E-state index in [0.29, 0.717) is 19.4 Å². The van der Waals surface area contributed by atoms with E-state index in [1.165, 1.54) is 302 Å². The predicted octanol–water partition coefficient (Wildman–Crippen LogP) is 19.0. The molecule has 0 radical (unpaired) electrons. The van der Waals surface area contributed by atoms with Gasteiger partial charge in [0.1, 0.15) is 24.4 Å². The summed E-state index contributed by atoms with van der Waals surface area (Å²) in [4.78, 5) is 25.1. The predicted molar refractivity (Wildman–Crippen MR) is 352 cm³/mol. The Hall–Kier alpha value is -1.60. The Morgan fingerprint density at radius 3 is 1.11 bits per heavy atom. The number of amides is 1. The molecule has 1 saturated heterocycles. The van der Waals surface area contributed by atoms with Crippen LogP contribution in [-0.2, 0) is 23.8 Å². The van der Waals surface area contributed by atoms with E-state index in [1.807, 2.05) is 6.08 Å². The Morgan fingerprint density at radius 1 is 0.429 bits per heavy atom. The van der Waals surface area contributed by atoms with Crippen LogP contribution >= 0.6 is 0 Å². The summed E-state index contributed by atoms with van der Waals surface area (Å²) in [6.45, 7) is 4.37. The van der Waals surface area contributed by atoms with E-state index in [4.69, 9.17) is 14.2 Å². The number of carbonyl (C=O) groups is 2. The number of hydrogen-bond donors (Lipinski definition) is 6. The van der Waals surface area contributed by atoms with Crippen molar-refractivity contribution in [1.82, 2.24) is 5.32 Å². The van der Waals surface area contributed by atoms with Crippen molar-refractivity contribution in [2.24, 2.45) is 0 Å². The molecular weight excluding hydrogens is 1050 g/mol. The third-order valence-electron chi connectivity index (χ3n) is 17.9. The number of nitrogens with one attached hydrogen (secondary N) is 1. The van der Waals surface area contributed by atoms with Crippen molar-refractivity contribution in [3.05, 3.63) is 12.2 Å². The van der Waals surface area contributed by atoms with E-state index in [0.717, 1.165) is 51.4 Å². The number of ether oxygens (including phenoxy) is 3. The fourth-order valence-corrected chi connectivity index (χ4v) is 12.1. The van der Waals surface area contributed by atoms with Crippen molar-refractivity contribution in [1.29, 1.82) is 0 Å². The second kappa shape index (κ2) is 63.0. The van der Waals surface area contributed by atoms with Crippen molar-refractivity contribution in [3.8, 4) is 0 Å². The van der Waals surface area contributed by atoms with Gasteiger partial charge in [-0.1, -0.05) is 347 Å². The highest BCUT2D eigenvalue weighted by atomic mass is 16.7. The summed E-state index contributed by atoms with van der Waals surface area (Å²) < 4.78 is 16.7. The summed E-state index contributed by atoms with van der Waals surface area (Å²) >= 11 is 0. The van der Waals surface area contributed by atoms with Gasteiger partial charge in [-0.05, 0) is 32.1 Å². The second-order valence-electron chi connectivity index (χ2n) is 26.0. The number of aliphatic hydroxyl groups is 5. The van der Waals surface area contributed by atoms with Crippen molar-refractivity contribution in [3.63, 3.8) is 0 Å². The van der Waals surface area contributed by atoms with Crippen LogP contribution in [0.1, 0.15) is 380 Å². The minimum absolute atomic E-state index is 0.0163. The quantitative estimate of drug-likeness (QED) is 0.0195. The van der Waals surface area contributed by atoms with Crippen molar-refractivity contribution in [2.75, 3.05) is 19.8 Å². The minimum Gasteiger partial charge on any atom is -0.466 e. The number of esters is 1. The molecule has 0 spiro atoms. The summed E-state index contributed by atoms with van der Waals surface area (Å²) in [5.41, 5.74) is 0. The summed E-state index contributed by atoms with van der Waals surface area (Å²) in [6.07, 6.45) is 68.1. The fourth-order valence-electron chi connectivity index (χ4n) is 12.1. The molecule has 1 amide bonds. The van der Waals surface area contributed by atoms with Crippen LogP contribution in [0.15, 0.2) is 12.2 Å². The van der Waals surface area contributed by atoms with Gasteiger partial charge in [0.05, 0.1) is 32.0 Å². The first-order chi connectivity index (χ1) is 41.2. The molecule has 1 aliphatic heterocycles. The van der Waals surface area contributed by atoms with Gasteiger partial charge in [0, 0.05) is 12.8 Å². The van der Waals surface area contributed by atoms with E-state index in [1.54, 1.807) is 6.08 Å². The molecule has 498 valence electrons. The lowest BCUT2D eigenvalue weighted by Gasteiger charge is -2.40. The lowest BCUT2D eigenvalue weighted by Crippen LogP contribution is -2.60. The first-order valence-electron chi connectivity index (χ1n) is 37.0. The maximum absolute atomic E-state index is 13.0. The van der Waals surface area contributed by atoms with Gasteiger partial charge >= 0.3 is 5.97 Å². The van der Waals surface area contributed by atoms with Gasteiger partial charge in [-0.3, -0.25) is 9.59 Å². The molecule has 84 heavy (non-hydrogen) atoms. The van der Waals surface area contributed by atoms with Crippen LogP contribution in [0, 0.1) is 0 Å². The van der Waals surface area contributed by atoms with Crippen LogP contribution in [0.25, 0.3) is 0 Å². The molecule has 1 fully saturated rings. The zero-order valence-corrected chi connectivity index (χ0v) is 55.4. The number of unbranched alkanes of at least 4 members (excludes halogenated alkanes) is 52. The molecule has 11 heteroatoms. The maximum atomic E-state index is 13.0. The molecule has 0 aromatic carbocycles. The molecule has 7 atom stereocenters. The molecule has 1 heterocycles. The largest absolute Gasteiger partial charge is 0.466 e. The fraction of sp³-hybridized carbons (Fsp3) is 0.945. The molecule has 1 rings (SSSR count). The topological polar surface area (TPSA) is 175 Å². The van der Waals surface area contributed by atoms with Crippen molar-refractivity contribution < 1.29 is 49.3 Å². The summed E-state index contributed by atoms with van der Waals surface area (Å²) in [5, 5.41) is 54.4. The van der Waals surface area contributed by atoms with Crippen LogP contribution in [0.4, 0.5) is 0 Å². The number of hydrogen-bond acceptors (Lipinski definition) is 10. The van der Waals surface area contributed by atoms with Crippen LogP contribution in [0.5, 0.6) is 0 Å². The Bertz CT molecular complexity index is 1400. The first-order valence-corrected chi connectivity index (χ1v) is 37.0. The molecule has 0 bridgehead atoms. The molecular formula is C73H141NO10. The van der Waals surface area contributed by atoms with Crippen molar-refractivity contribution in [2.45, 2.75) is 423 Å². The Kier molecular flexibility index (Phi) is 60.3. The minimum atomic E-state index is -1.57. The molecule has 0 saturated carbocycles. The summed E-state index contributed by atoms with van der Waals surface area (Å²) in [7, 11) is 0. The van der Waals surface area contributed by atoms with Gasteiger partial charge in [-0.25, -0.2) is 0 Å². The van der Waals surface area contributed by atoms with Gasteiger partial charge < -0.3 is 45.1 Å². The zero-order valence-electron chi connectivity index (χ0n) is 55.4. The van der Waals surface area contributed by atoms with E-state index in [9.17, 15) is 35.1 Å². The van der Waals surface area contributed by atoms with Gasteiger partial charge in [0.15, 0.2) is 6.29 Å². The van der Waals surface area contributed by atoms with E-state index < -0.39 is 49.5 Å². The number of allylic oxidation sites excluding steroid dienone is 1. The van der Waals surface area contributed by atoms with E-state index in [-0.39, 0.29) is 18.5 Å². The van der Waals surface area contributed by atoms with Crippen LogP contribution in [0.2, 0.25) is 0 Å². The number of aliphatic hydroxyl groups excluding tert-OH is 5. The lowest BCUT2D eigenvalue weighted by atomic mass is 9.99. The molecule has 0 aromatic heterocycles. The molecule has 1 aliphatic rings. The van der Waals surface area contributed by atoms with Crippen LogP contribution in [0.3, 0.4) is 0 Å². The molecule has 0 aromatic rings. The van der Waals surface area contributed by atoms with E-state index in [2.05, 4.69) is 19.2 Å². The highest BCUT2D eigenvalue weighted by molar-refractivity contribution is 5.76. The Labute approximate surface area is 519 Å². The van der Waals surface area contributed by atoms with Gasteiger partial charge in [0.25, 0.3) is 0 Å². The highest BCUT2D eigenvalue weighted by Gasteiger charge is 2.44. The van der Waals surface area contributed by atoms with Gasteiger partial charge in [-0.2, -0.15) is 0 Å².